The molecule has 4 atom stereocenters. The van der Waals surface area contributed by atoms with Crippen molar-refractivity contribution in [2.45, 2.75) is 32.8 Å². The average Bonchev–Trinajstić information content (AvgIpc) is 2.82. The number of halogens is 1. The van der Waals surface area contributed by atoms with Crippen LogP contribution in [0.3, 0.4) is 0 Å². The molecule has 1 saturated carbocycles. The highest BCUT2D eigenvalue weighted by Crippen LogP contribution is 2.45. The topological polar surface area (TPSA) is 57.5 Å². The largest absolute Gasteiger partial charge is 0.481 e. The molecule has 0 aromatic carbocycles. The summed E-state index contributed by atoms with van der Waals surface area (Å²) in [5.41, 5.74) is 1.09. The van der Waals surface area contributed by atoms with Gasteiger partial charge in [0.15, 0.2) is 0 Å². The molecule has 18 heavy (non-hydrogen) atoms. The summed E-state index contributed by atoms with van der Waals surface area (Å²) < 4.78 is 1.01. The van der Waals surface area contributed by atoms with E-state index in [0.717, 1.165) is 20.6 Å². The molecule has 0 radical (unpaired) electrons. The fourth-order valence-corrected chi connectivity index (χ4v) is 4.44. The number of aryl methyl sites for hydroxylation is 1. The highest BCUT2D eigenvalue weighted by molar-refractivity contribution is 9.11. The van der Waals surface area contributed by atoms with Gasteiger partial charge >= 0.3 is 5.97 Å². The highest BCUT2D eigenvalue weighted by Gasteiger charge is 2.41. The second kappa shape index (κ2) is 5.31. The van der Waals surface area contributed by atoms with E-state index in [4.69, 9.17) is 0 Å². The Labute approximate surface area is 119 Å². The number of rotatable bonds is 3. The van der Waals surface area contributed by atoms with Gasteiger partial charge < -0.3 is 10.2 Å². The predicted octanol–water partition coefficient (Wildman–Crippen LogP) is 3.60. The Morgan fingerprint density at radius 2 is 2.22 bits per heavy atom. The summed E-state index contributed by atoms with van der Waals surface area (Å²) in [6, 6.07) is 1.95. The van der Waals surface area contributed by atoms with Crippen molar-refractivity contribution in [1.29, 1.82) is 0 Å². The van der Waals surface area contributed by atoms with Crippen LogP contribution in [-0.4, -0.2) is 16.2 Å². The van der Waals surface area contributed by atoms with Crippen LogP contribution >= 0.6 is 27.3 Å². The fourth-order valence-electron chi connectivity index (χ4n) is 2.81. The summed E-state index contributed by atoms with van der Waals surface area (Å²) in [5, 5.41) is 19.7. The van der Waals surface area contributed by atoms with Crippen molar-refractivity contribution in [2.24, 2.45) is 17.8 Å². The van der Waals surface area contributed by atoms with Crippen LogP contribution in [0.15, 0.2) is 9.85 Å². The second-order valence-electron chi connectivity index (χ2n) is 5.24. The quantitative estimate of drug-likeness (QED) is 0.889. The molecule has 1 aliphatic rings. The Hall–Kier alpha value is -0.390. The molecule has 0 saturated heterocycles. The first-order valence-electron chi connectivity index (χ1n) is 6.06. The highest BCUT2D eigenvalue weighted by atomic mass is 79.9. The monoisotopic (exact) mass is 332 g/mol. The number of hydrogen-bond acceptors (Lipinski definition) is 3. The summed E-state index contributed by atoms with van der Waals surface area (Å²) >= 11 is 4.94. The SMILES string of the molecule is Cc1cc(C(O)C2CC(C)CC2C(=O)O)sc1Br. The molecule has 1 aromatic heterocycles. The Morgan fingerprint density at radius 1 is 1.56 bits per heavy atom. The van der Waals surface area contributed by atoms with Crippen LogP contribution in [0.25, 0.3) is 0 Å². The van der Waals surface area contributed by atoms with Crippen molar-refractivity contribution < 1.29 is 15.0 Å². The van der Waals surface area contributed by atoms with Gasteiger partial charge in [0.2, 0.25) is 0 Å². The number of aliphatic hydroxyl groups excluding tert-OH is 1. The molecule has 0 amide bonds. The third-order valence-corrected chi connectivity index (χ3v) is 5.95. The molecule has 1 fully saturated rings. The number of carboxylic acids is 1. The number of carboxylic acid groups (broad SMARTS) is 1. The second-order valence-corrected chi connectivity index (χ2v) is 7.64. The van der Waals surface area contributed by atoms with Crippen LogP contribution in [0.2, 0.25) is 0 Å². The van der Waals surface area contributed by atoms with E-state index in [9.17, 15) is 15.0 Å². The van der Waals surface area contributed by atoms with Crippen LogP contribution < -0.4 is 0 Å². The maximum atomic E-state index is 11.2. The van der Waals surface area contributed by atoms with Crippen molar-refractivity contribution in [3.8, 4) is 0 Å². The van der Waals surface area contributed by atoms with Gasteiger partial charge in [-0.05, 0) is 53.2 Å². The van der Waals surface area contributed by atoms with Gasteiger partial charge in [0.25, 0.3) is 0 Å². The van der Waals surface area contributed by atoms with E-state index in [1.165, 1.54) is 11.3 Å². The van der Waals surface area contributed by atoms with Crippen LogP contribution in [0, 0.1) is 24.7 Å². The molecule has 3 nitrogen and oxygen atoms in total. The lowest BCUT2D eigenvalue weighted by atomic mass is 9.90. The van der Waals surface area contributed by atoms with Crippen molar-refractivity contribution >= 4 is 33.2 Å². The lowest BCUT2D eigenvalue weighted by molar-refractivity contribution is -0.144. The molecule has 1 aliphatic carbocycles. The molecule has 1 heterocycles. The van der Waals surface area contributed by atoms with Crippen LogP contribution in [-0.2, 0) is 4.79 Å². The lowest BCUT2D eigenvalue weighted by Gasteiger charge is -2.21. The minimum atomic E-state index is -0.782. The van der Waals surface area contributed by atoms with Gasteiger partial charge in [-0.1, -0.05) is 6.92 Å². The van der Waals surface area contributed by atoms with Crippen LogP contribution in [0.1, 0.15) is 36.3 Å². The summed E-state index contributed by atoms with van der Waals surface area (Å²) in [7, 11) is 0. The van der Waals surface area contributed by atoms with E-state index in [-0.39, 0.29) is 5.92 Å². The first-order valence-corrected chi connectivity index (χ1v) is 7.67. The van der Waals surface area contributed by atoms with Crippen molar-refractivity contribution in [1.82, 2.24) is 0 Å². The van der Waals surface area contributed by atoms with Crippen LogP contribution in [0.4, 0.5) is 0 Å². The zero-order valence-corrected chi connectivity index (χ0v) is 12.8. The van der Waals surface area contributed by atoms with E-state index >= 15 is 0 Å². The van der Waals surface area contributed by atoms with E-state index in [1.54, 1.807) is 0 Å². The van der Waals surface area contributed by atoms with Crippen molar-refractivity contribution in [3.05, 3.63) is 20.3 Å². The molecule has 5 heteroatoms. The summed E-state index contributed by atoms with van der Waals surface area (Å²) in [6.45, 7) is 4.03. The molecule has 100 valence electrons. The van der Waals surface area contributed by atoms with E-state index in [0.29, 0.717) is 12.3 Å². The van der Waals surface area contributed by atoms with Gasteiger partial charge in [0.05, 0.1) is 15.8 Å². The van der Waals surface area contributed by atoms with Gasteiger partial charge in [-0.2, -0.15) is 0 Å². The third-order valence-electron chi connectivity index (χ3n) is 3.74. The van der Waals surface area contributed by atoms with Crippen molar-refractivity contribution in [3.63, 3.8) is 0 Å². The number of hydrogen-bond donors (Lipinski definition) is 2. The first kappa shape index (κ1) is 14.0. The summed E-state index contributed by atoms with van der Waals surface area (Å²) in [6.07, 6.45) is 0.793. The Morgan fingerprint density at radius 3 is 2.72 bits per heavy atom. The van der Waals surface area contributed by atoms with Gasteiger partial charge in [-0.25, -0.2) is 0 Å². The van der Waals surface area contributed by atoms with E-state index in [2.05, 4.69) is 22.9 Å². The predicted molar refractivity (Wildman–Crippen MR) is 74.7 cm³/mol. The van der Waals surface area contributed by atoms with Gasteiger partial charge in [-0.3, -0.25) is 4.79 Å². The molecular formula is C13H17BrO3S. The average molecular weight is 333 g/mol. The first-order chi connectivity index (χ1) is 8.40. The molecular weight excluding hydrogens is 316 g/mol. The normalized spacial score (nSPS) is 29.4. The zero-order chi connectivity index (χ0) is 13.4. The Kier molecular flexibility index (Phi) is 4.14. The number of aliphatic carboxylic acids is 1. The molecule has 4 unspecified atom stereocenters. The lowest BCUT2D eigenvalue weighted by Crippen LogP contribution is -2.23. The number of thiophene rings is 1. The van der Waals surface area contributed by atoms with Gasteiger partial charge in [0, 0.05) is 10.8 Å². The number of carbonyl (C=O) groups is 1. The Balaban J connectivity index is 2.22. The van der Waals surface area contributed by atoms with Crippen LogP contribution in [0.5, 0.6) is 0 Å². The number of aliphatic hydroxyl groups is 1. The molecule has 2 rings (SSSR count). The van der Waals surface area contributed by atoms with Gasteiger partial charge in [-0.15, -0.1) is 11.3 Å². The third kappa shape index (κ3) is 2.63. The van der Waals surface area contributed by atoms with E-state index < -0.39 is 18.0 Å². The summed E-state index contributed by atoms with van der Waals surface area (Å²) in [5.74, 6) is -0.996. The van der Waals surface area contributed by atoms with E-state index in [1.807, 2.05) is 13.0 Å². The molecule has 0 spiro atoms. The maximum Gasteiger partial charge on any atom is 0.306 e. The van der Waals surface area contributed by atoms with Gasteiger partial charge in [0.1, 0.15) is 0 Å². The Bertz CT molecular complexity index is 438. The molecule has 2 N–H and O–H groups in total. The smallest absolute Gasteiger partial charge is 0.306 e. The zero-order valence-electron chi connectivity index (χ0n) is 10.4. The standard InChI is InChI=1S/C13H17BrO3S/c1-6-3-8(9(4-6)13(16)17)11(15)10-5-7(2)12(14)18-10/h5-6,8-9,11,15H,3-4H2,1-2H3,(H,16,17). The fraction of sp³-hybridized carbons (Fsp3) is 0.615. The minimum Gasteiger partial charge on any atom is -0.481 e. The molecule has 0 aliphatic heterocycles. The van der Waals surface area contributed by atoms with Crippen molar-refractivity contribution in [2.75, 3.05) is 0 Å². The minimum absolute atomic E-state index is 0.164. The molecule has 0 bridgehead atoms. The summed E-state index contributed by atoms with van der Waals surface area (Å²) in [4.78, 5) is 12.1. The maximum absolute atomic E-state index is 11.2. The molecule has 1 aromatic rings.